The Labute approximate surface area is 222 Å². The van der Waals surface area contributed by atoms with Crippen LogP contribution >= 0.6 is 0 Å². The fourth-order valence-corrected chi connectivity index (χ4v) is 4.85. The second kappa shape index (κ2) is 10.3. The summed E-state index contributed by atoms with van der Waals surface area (Å²) in [5.74, 6) is 0.117. The van der Waals surface area contributed by atoms with Gasteiger partial charge in [0.25, 0.3) is 5.91 Å². The first-order chi connectivity index (χ1) is 18.0. The molecule has 0 aliphatic carbocycles. The maximum atomic E-state index is 13.4. The van der Waals surface area contributed by atoms with E-state index < -0.39 is 5.60 Å². The standard InChI is InChI=1S/C28H36N8O2/c1-19-12-21(14-24(30-19)22-15-29-34(5)17-22)26(37)32-27-31-23-7-6-20(16-35-10-8-33(4)9-11-35)13-25(23)36(27)18-28(2,3)38/h6-7,12-15,17,38H,8-11,16,18H2,1-5H3,(H,31,32,37). The van der Waals surface area contributed by atoms with Crippen LogP contribution in [0.5, 0.6) is 0 Å². The highest BCUT2D eigenvalue weighted by Gasteiger charge is 2.22. The minimum atomic E-state index is -0.999. The summed E-state index contributed by atoms with van der Waals surface area (Å²) in [6.45, 7) is 10.7. The van der Waals surface area contributed by atoms with Crippen LogP contribution in [0.1, 0.15) is 35.5 Å². The number of amides is 1. The number of piperazine rings is 1. The first-order valence-corrected chi connectivity index (χ1v) is 13.0. The predicted octanol–water partition coefficient (Wildman–Crippen LogP) is 2.91. The van der Waals surface area contributed by atoms with Crippen LogP contribution < -0.4 is 5.32 Å². The van der Waals surface area contributed by atoms with Gasteiger partial charge in [-0.1, -0.05) is 6.07 Å². The molecule has 0 saturated carbocycles. The molecule has 1 fully saturated rings. The van der Waals surface area contributed by atoms with E-state index in [2.05, 4.69) is 44.4 Å². The Morgan fingerprint density at radius 3 is 2.53 bits per heavy atom. The van der Waals surface area contributed by atoms with Gasteiger partial charge >= 0.3 is 0 Å². The summed E-state index contributed by atoms with van der Waals surface area (Å²) in [6, 6.07) is 9.73. The van der Waals surface area contributed by atoms with E-state index in [1.54, 1.807) is 36.9 Å². The van der Waals surface area contributed by atoms with Crippen LogP contribution in [0.25, 0.3) is 22.3 Å². The molecule has 5 rings (SSSR count). The van der Waals surface area contributed by atoms with E-state index in [0.717, 1.165) is 55.0 Å². The van der Waals surface area contributed by atoms with E-state index in [1.807, 2.05) is 30.8 Å². The first kappa shape index (κ1) is 26.0. The van der Waals surface area contributed by atoms with Gasteiger partial charge in [0.1, 0.15) is 0 Å². The molecule has 1 saturated heterocycles. The fraction of sp³-hybridized carbons (Fsp3) is 0.429. The molecule has 0 radical (unpaired) electrons. The van der Waals surface area contributed by atoms with E-state index in [0.29, 0.717) is 17.2 Å². The van der Waals surface area contributed by atoms with Crippen LogP contribution in [0.15, 0.2) is 42.7 Å². The van der Waals surface area contributed by atoms with Gasteiger partial charge in [-0.25, -0.2) is 4.98 Å². The number of fused-ring (bicyclic) bond motifs is 1. The largest absolute Gasteiger partial charge is 0.389 e. The van der Waals surface area contributed by atoms with Gasteiger partial charge in [0, 0.05) is 62.8 Å². The molecule has 1 aliphatic heterocycles. The lowest BCUT2D eigenvalue weighted by Gasteiger charge is -2.32. The lowest BCUT2D eigenvalue weighted by molar-refractivity contribution is 0.0630. The highest BCUT2D eigenvalue weighted by Crippen LogP contribution is 2.26. The average Bonchev–Trinajstić information content (AvgIpc) is 3.43. The molecule has 4 aromatic rings. The number of hydrogen-bond acceptors (Lipinski definition) is 7. The van der Waals surface area contributed by atoms with Crippen LogP contribution in [0.4, 0.5) is 5.95 Å². The maximum absolute atomic E-state index is 13.4. The molecule has 0 bridgehead atoms. The molecular weight excluding hydrogens is 480 g/mol. The van der Waals surface area contributed by atoms with Crippen molar-refractivity contribution >= 4 is 22.9 Å². The number of hydrogen-bond donors (Lipinski definition) is 2. The lowest BCUT2D eigenvalue weighted by atomic mass is 10.1. The zero-order valence-corrected chi connectivity index (χ0v) is 22.8. The Morgan fingerprint density at radius 1 is 1.08 bits per heavy atom. The zero-order valence-electron chi connectivity index (χ0n) is 22.8. The topological polar surface area (TPSA) is 104 Å². The number of imidazole rings is 1. The number of pyridine rings is 1. The van der Waals surface area contributed by atoms with Crippen molar-refractivity contribution in [3.8, 4) is 11.3 Å². The van der Waals surface area contributed by atoms with Crippen molar-refractivity contribution in [2.75, 3.05) is 38.5 Å². The van der Waals surface area contributed by atoms with E-state index in [1.165, 1.54) is 5.56 Å². The summed E-state index contributed by atoms with van der Waals surface area (Å²) in [6.07, 6.45) is 3.60. The SMILES string of the molecule is Cc1cc(C(=O)Nc2nc3ccc(CN4CCN(C)CC4)cc3n2CC(C)(C)O)cc(-c2cnn(C)c2)n1. The minimum Gasteiger partial charge on any atom is -0.389 e. The number of carbonyl (C=O) groups is 1. The van der Waals surface area contributed by atoms with Crippen LogP contribution in [-0.4, -0.2) is 84.0 Å². The van der Waals surface area contributed by atoms with E-state index in [9.17, 15) is 9.90 Å². The van der Waals surface area contributed by atoms with Gasteiger partial charge in [0.15, 0.2) is 0 Å². The van der Waals surface area contributed by atoms with Crippen molar-refractivity contribution < 1.29 is 9.90 Å². The molecule has 3 aromatic heterocycles. The lowest BCUT2D eigenvalue weighted by Crippen LogP contribution is -2.43. The normalized spacial score (nSPS) is 15.3. The van der Waals surface area contributed by atoms with Crippen LogP contribution in [0.3, 0.4) is 0 Å². The van der Waals surface area contributed by atoms with E-state index in [4.69, 9.17) is 4.98 Å². The Kier molecular flexibility index (Phi) is 7.04. The number of carbonyl (C=O) groups excluding carboxylic acids is 1. The van der Waals surface area contributed by atoms with Crippen molar-refractivity contribution in [3.05, 3.63) is 59.5 Å². The predicted molar refractivity (Wildman–Crippen MR) is 148 cm³/mol. The van der Waals surface area contributed by atoms with Gasteiger partial charge in [-0.3, -0.25) is 24.7 Å². The second-order valence-electron chi connectivity index (χ2n) is 11.0. The third-order valence-corrected chi connectivity index (χ3v) is 6.80. The fourth-order valence-electron chi connectivity index (χ4n) is 4.85. The summed E-state index contributed by atoms with van der Waals surface area (Å²) in [5, 5.41) is 17.9. The number of aliphatic hydroxyl groups is 1. The summed E-state index contributed by atoms with van der Waals surface area (Å²) in [7, 11) is 4.00. The number of aromatic nitrogens is 5. The molecule has 0 atom stereocenters. The van der Waals surface area contributed by atoms with Gasteiger partial charge in [-0.2, -0.15) is 5.10 Å². The molecule has 2 N–H and O–H groups in total. The Morgan fingerprint density at radius 2 is 1.84 bits per heavy atom. The molecule has 1 aromatic carbocycles. The van der Waals surface area contributed by atoms with Crippen molar-refractivity contribution in [2.24, 2.45) is 7.05 Å². The van der Waals surface area contributed by atoms with Gasteiger partial charge in [-0.15, -0.1) is 0 Å². The highest BCUT2D eigenvalue weighted by atomic mass is 16.3. The third-order valence-electron chi connectivity index (χ3n) is 6.80. The van der Waals surface area contributed by atoms with Crippen LogP contribution in [-0.2, 0) is 20.1 Å². The zero-order chi connectivity index (χ0) is 27.0. The van der Waals surface area contributed by atoms with Crippen LogP contribution in [0, 0.1) is 6.92 Å². The molecule has 1 aliphatic rings. The van der Waals surface area contributed by atoms with E-state index in [-0.39, 0.29) is 12.5 Å². The molecule has 0 unspecified atom stereocenters. The summed E-state index contributed by atoms with van der Waals surface area (Å²) >= 11 is 0. The number of rotatable bonds is 7. The molecule has 0 spiro atoms. The molecule has 10 heteroatoms. The Hall–Kier alpha value is -3.60. The molecule has 200 valence electrons. The third kappa shape index (κ3) is 5.93. The number of nitrogens with one attached hydrogen (secondary N) is 1. The minimum absolute atomic E-state index is 0.285. The first-order valence-electron chi connectivity index (χ1n) is 13.0. The van der Waals surface area contributed by atoms with Gasteiger partial charge in [0.05, 0.1) is 35.1 Å². The summed E-state index contributed by atoms with van der Waals surface area (Å²) in [5.41, 5.74) is 4.58. The molecule has 10 nitrogen and oxygen atoms in total. The second-order valence-corrected chi connectivity index (χ2v) is 11.0. The number of benzene rings is 1. The van der Waals surface area contributed by atoms with Crippen molar-refractivity contribution in [2.45, 2.75) is 39.5 Å². The van der Waals surface area contributed by atoms with E-state index >= 15 is 0 Å². The van der Waals surface area contributed by atoms with Crippen molar-refractivity contribution in [1.82, 2.24) is 34.1 Å². The quantitative estimate of drug-likeness (QED) is 0.389. The van der Waals surface area contributed by atoms with Crippen LogP contribution in [0.2, 0.25) is 0 Å². The van der Waals surface area contributed by atoms with Gasteiger partial charge < -0.3 is 14.6 Å². The van der Waals surface area contributed by atoms with Gasteiger partial charge in [0.2, 0.25) is 5.95 Å². The number of nitrogens with zero attached hydrogens (tertiary/aromatic N) is 7. The van der Waals surface area contributed by atoms with Crippen molar-refractivity contribution in [1.29, 1.82) is 0 Å². The van der Waals surface area contributed by atoms with Gasteiger partial charge in [-0.05, 0) is 57.6 Å². The monoisotopic (exact) mass is 516 g/mol. The Balaban J connectivity index is 1.45. The maximum Gasteiger partial charge on any atom is 0.258 e. The smallest absolute Gasteiger partial charge is 0.258 e. The molecule has 1 amide bonds. The summed E-state index contributed by atoms with van der Waals surface area (Å²) in [4.78, 5) is 27.5. The average molecular weight is 517 g/mol. The molecule has 4 heterocycles. The Bertz CT molecular complexity index is 1460. The number of likely N-dealkylation sites (N-methyl/N-ethyl adjacent to an activating group) is 1. The molecule has 38 heavy (non-hydrogen) atoms. The molecular formula is C28H36N8O2. The number of anilines is 1. The number of aryl methyl sites for hydroxylation is 2. The van der Waals surface area contributed by atoms with Crippen molar-refractivity contribution in [3.63, 3.8) is 0 Å². The summed E-state index contributed by atoms with van der Waals surface area (Å²) < 4.78 is 3.60. The highest BCUT2D eigenvalue weighted by molar-refractivity contribution is 6.04.